The first kappa shape index (κ1) is 42.4. The van der Waals surface area contributed by atoms with Crippen LogP contribution in [-0.4, -0.2) is 85.1 Å². The van der Waals surface area contributed by atoms with Gasteiger partial charge in [-0.05, 0) is 108 Å². The van der Waals surface area contributed by atoms with Crippen LogP contribution in [0.5, 0.6) is 17.5 Å². The number of sulfonamides is 1. The Bertz CT molecular complexity index is 2020. The zero-order valence-corrected chi connectivity index (χ0v) is 35.4. The van der Waals surface area contributed by atoms with Crippen molar-refractivity contribution < 1.29 is 46.5 Å². The summed E-state index contributed by atoms with van der Waals surface area (Å²) >= 11 is 0. The summed E-state index contributed by atoms with van der Waals surface area (Å²) in [6.45, 7) is 11.1. The van der Waals surface area contributed by atoms with Gasteiger partial charge in [0.2, 0.25) is 33.6 Å². The maximum absolute atomic E-state index is 15.1. The fourth-order valence-electron chi connectivity index (χ4n) is 8.56. The van der Waals surface area contributed by atoms with Gasteiger partial charge in [0.05, 0.1) is 49.3 Å². The molecular formula is C43H59N3O10S. The second-order valence-electron chi connectivity index (χ2n) is 17.9. The molecule has 2 aromatic rings. The zero-order chi connectivity index (χ0) is 41.5. The van der Waals surface area contributed by atoms with E-state index < -0.39 is 55.7 Å². The van der Waals surface area contributed by atoms with Gasteiger partial charge in [0.1, 0.15) is 17.5 Å². The van der Waals surface area contributed by atoms with Gasteiger partial charge in [-0.3, -0.25) is 23.9 Å². The van der Waals surface area contributed by atoms with E-state index >= 15 is 4.79 Å². The Hall–Kier alpha value is -4.20. The molecule has 57 heavy (non-hydrogen) atoms. The van der Waals surface area contributed by atoms with Crippen LogP contribution in [0.25, 0.3) is 10.8 Å². The molecule has 6 rings (SSSR count). The summed E-state index contributed by atoms with van der Waals surface area (Å²) in [6, 6.07) is 6.20. The second-order valence-corrected chi connectivity index (χ2v) is 20.1. The molecule has 2 aliphatic heterocycles. The highest BCUT2D eigenvalue weighted by molar-refractivity contribution is 7.91. The second kappa shape index (κ2) is 16.2. The van der Waals surface area contributed by atoms with Gasteiger partial charge in [-0.2, -0.15) is 4.98 Å². The van der Waals surface area contributed by atoms with Gasteiger partial charge in [0.25, 0.3) is 0 Å². The van der Waals surface area contributed by atoms with Crippen LogP contribution in [0.4, 0.5) is 0 Å². The smallest absolute Gasteiger partial charge is 0.307 e. The van der Waals surface area contributed by atoms with Gasteiger partial charge in [0.15, 0.2) is 5.78 Å². The maximum Gasteiger partial charge on any atom is 0.307 e. The molecule has 3 fully saturated rings. The number of carbonyl (C=O) groups excluding carboxylic acids is 4. The predicted molar refractivity (Wildman–Crippen MR) is 214 cm³/mol. The number of hydrogen-bond acceptors (Lipinski definition) is 11. The SMILES string of the molecule is CC[C@@H]1C[C@H](C)CC/C=C\[C@@H]2C[C@@]2(C(=O)NS(=O)(=O)C2(C)CC2)CC(=O)[C@@H]2C[C@@H](Oc3nc(OC)cc4cc(OC)ccc34)CN2C(=O)[C@H]1CC(=O)OC(C)(C)C. The Morgan fingerprint density at radius 3 is 2.46 bits per heavy atom. The molecule has 1 N–H and O–H groups in total. The van der Waals surface area contributed by atoms with Gasteiger partial charge in [-0.1, -0.05) is 32.4 Å². The lowest BCUT2D eigenvalue weighted by atomic mass is 9.79. The Morgan fingerprint density at radius 1 is 1.07 bits per heavy atom. The van der Waals surface area contributed by atoms with Crippen molar-refractivity contribution in [3.63, 3.8) is 0 Å². The lowest BCUT2D eigenvalue weighted by Gasteiger charge is -2.33. The zero-order valence-electron chi connectivity index (χ0n) is 34.6. The fraction of sp³-hybridized carbons (Fsp3) is 0.651. The molecule has 3 heterocycles. The van der Waals surface area contributed by atoms with Crippen LogP contribution in [0.2, 0.25) is 0 Å². The van der Waals surface area contributed by atoms with E-state index in [1.807, 2.05) is 31.2 Å². The topological polar surface area (TPSA) is 168 Å². The number of pyridine rings is 1. The number of hydrogen-bond donors (Lipinski definition) is 1. The first-order chi connectivity index (χ1) is 26.8. The minimum Gasteiger partial charge on any atom is -0.497 e. The number of nitrogens with one attached hydrogen (secondary N) is 1. The number of carbonyl (C=O) groups is 4. The van der Waals surface area contributed by atoms with Gasteiger partial charge in [-0.25, -0.2) is 8.42 Å². The third-order valence-corrected chi connectivity index (χ3v) is 14.6. The van der Waals surface area contributed by atoms with Gasteiger partial charge >= 0.3 is 5.97 Å². The maximum atomic E-state index is 15.1. The van der Waals surface area contributed by atoms with E-state index in [9.17, 15) is 22.8 Å². The number of ether oxygens (including phenoxy) is 4. The number of benzene rings is 1. The average molecular weight is 810 g/mol. The van der Waals surface area contributed by atoms with Crippen molar-refractivity contribution in [1.82, 2.24) is 14.6 Å². The van der Waals surface area contributed by atoms with Crippen LogP contribution in [0.3, 0.4) is 0 Å². The number of aromatic nitrogens is 1. The first-order valence-corrected chi connectivity index (χ1v) is 21.8. The molecule has 312 valence electrons. The molecule has 1 saturated heterocycles. The molecule has 2 aliphatic carbocycles. The molecule has 0 unspecified atom stereocenters. The highest BCUT2D eigenvalue weighted by Crippen LogP contribution is 2.58. The number of rotatable bonds is 10. The molecule has 2 saturated carbocycles. The summed E-state index contributed by atoms with van der Waals surface area (Å²) in [4.78, 5) is 63.5. The van der Waals surface area contributed by atoms with E-state index in [2.05, 4.69) is 16.6 Å². The van der Waals surface area contributed by atoms with Gasteiger partial charge in [-0.15, -0.1) is 0 Å². The van der Waals surface area contributed by atoms with Crippen molar-refractivity contribution in [3.8, 4) is 17.5 Å². The number of ketones is 1. The minimum absolute atomic E-state index is 0.0256. The molecule has 0 spiro atoms. The largest absolute Gasteiger partial charge is 0.497 e. The van der Waals surface area contributed by atoms with Crippen LogP contribution in [0.15, 0.2) is 36.4 Å². The van der Waals surface area contributed by atoms with Gasteiger partial charge < -0.3 is 23.8 Å². The number of allylic oxidation sites excluding steroid dienone is 2. The molecule has 1 aromatic heterocycles. The number of nitrogens with zero attached hydrogens (tertiary/aromatic N) is 2. The van der Waals surface area contributed by atoms with E-state index in [0.29, 0.717) is 55.5 Å². The highest BCUT2D eigenvalue weighted by atomic mass is 32.2. The molecule has 14 heteroatoms. The fourth-order valence-corrected chi connectivity index (χ4v) is 9.90. The molecule has 13 nitrogen and oxygen atoms in total. The van der Waals surface area contributed by atoms with Crippen molar-refractivity contribution in [2.75, 3.05) is 20.8 Å². The van der Waals surface area contributed by atoms with Crippen LogP contribution < -0.4 is 18.9 Å². The third-order valence-electron chi connectivity index (χ3n) is 12.4. The van der Waals surface area contributed by atoms with Crippen molar-refractivity contribution >= 4 is 44.4 Å². The summed E-state index contributed by atoms with van der Waals surface area (Å²) in [5.41, 5.74) is -2.04. The summed E-state index contributed by atoms with van der Waals surface area (Å²) in [5.74, 6) is -1.79. The summed E-state index contributed by atoms with van der Waals surface area (Å²) in [7, 11) is -0.891. The molecular weight excluding hydrogens is 751 g/mol. The van der Waals surface area contributed by atoms with E-state index in [0.717, 1.165) is 11.8 Å². The Labute approximate surface area is 336 Å². The third kappa shape index (κ3) is 9.26. The number of amides is 2. The molecule has 0 radical (unpaired) electrons. The van der Waals surface area contributed by atoms with Crippen molar-refractivity contribution in [1.29, 1.82) is 0 Å². The van der Waals surface area contributed by atoms with E-state index in [1.165, 1.54) is 12.0 Å². The van der Waals surface area contributed by atoms with E-state index in [-0.39, 0.29) is 61.1 Å². The van der Waals surface area contributed by atoms with Crippen molar-refractivity contribution in [2.45, 2.75) is 128 Å². The summed E-state index contributed by atoms with van der Waals surface area (Å²) in [6.07, 6.45) is 7.04. The minimum atomic E-state index is -3.96. The first-order valence-electron chi connectivity index (χ1n) is 20.3. The van der Waals surface area contributed by atoms with Crippen LogP contribution in [0.1, 0.15) is 106 Å². The lowest BCUT2D eigenvalue weighted by molar-refractivity contribution is -0.160. The monoisotopic (exact) mass is 809 g/mol. The lowest BCUT2D eigenvalue weighted by Crippen LogP contribution is -2.48. The number of fused-ring (bicyclic) bond motifs is 3. The highest BCUT2D eigenvalue weighted by Gasteiger charge is 2.62. The molecule has 2 amide bonds. The van der Waals surface area contributed by atoms with Crippen molar-refractivity contribution in [2.24, 2.45) is 29.1 Å². The number of esters is 1. The summed E-state index contributed by atoms with van der Waals surface area (Å²) in [5, 5.41) is 1.43. The Balaban J connectivity index is 1.38. The quantitative estimate of drug-likeness (QED) is 0.211. The Kier molecular flexibility index (Phi) is 12.1. The average Bonchev–Trinajstić information content (AvgIpc) is 4.03. The van der Waals surface area contributed by atoms with E-state index in [4.69, 9.17) is 18.9 Å². The van der Waals surface area contributed by atoms with Crippen molar-refractivity contribution in [3.05, 3.63) is 36.4 Å². The normalized spacial score (nSPS) is 29.6. The van der Waals surface area contributed by atoms with Crippen LogP contribution in [0, 0.1) is 29.1 Å². The van der Waals surface area contributed by atoms with Crippen LogP contribution >= 0.6 is 0 Å². The number of Topliss-reactive ketones (excluding diaryl/α,β-unsaturated/α-hetero) is 1. The molecule has 4 aliphatic rings. The molecule has 7 atom stereocenters. The molecule has 1 aromatic carbocycles. The summed E-state index contributed by atoms with van der Waals surface area (Å²) < 4.78 is 51.1. The Morgan fingerprint density at radius 2 is 1.81 bits per heavy atom. The van der Waals surface area contributed by atoms with Crippen LogP contribution in [-0.2, 0) is 33.9 Å². The predicted octanol–water partition coefficient (Wildman–Crippen LogP) is 6.31. The van der Waals surface area contributed by atoms with E-state index in [1.54, 1.807) is 46.9 Å². The van der Waals surface area contributed by atoms with Gasteiger partial charge in [0, 0.05) is 24.3 Å². The molecule has 0 bridgehead atoms. The standard InChI is InChI=1S/C43H59N3O10S/c1-9-27-18-26(2)12-10-11-13-29-23-43(29,40(50)45-57(51,52)42(6)16-17-42)24-35(47)34-21-31(25-46(34)39(49)33(27)22-37(48)56-41(3,4)5)55-38-32-15-14-30(53-7)19-28(32)20-36(44-38)54-8/h11,13-15,19-20,26-27,29,31,33-34H,9-10,12,16-18,21-25H2,1-8H3,(H,45,50)/b13-11-/t26-,27-,29-,31-,33+,34+,43-/m1/s1. The number of methoxy groups -OCH3 is 2.